The Morgan fingerprint density at radius 3 is 2.15 bits per heavy atom. The van der Waals surface area contributed by atoms with Crippen LogP contribution in [0.2, 0.25) is 0 Å². The second-order valence-corrected chi connectivity index (χ2v) is 11.2. The van der Waals surface area contributed by atoms with Crippen molar-refractivity contribution in [3.05, 3.63) is 90.0 Å². The summed E-state index contributed by atoms with van der Waals surface area (Å²) in [6.45, 7) is 0.977. The molecule has 0 radical (unpaired) electrons. The highest BCUT2D eigenvalue weighted by Crippen LogP contribution is 2.38. The second kappa shape index (κ2) is 15.5. The summed E-state index contributed by atoms with van der Waals surface area (Å²) >= 11 is 11.8. The molecule has 14 heteroatoms. The van der Waals surface area contributed by atoms with Gasteiger partial charge in [-0.25, -0.2) is 19.4 Å². The zero-order valence-electron chi connectivity index (χ0n) is 25.8. The van der Waals surface area contributed by atoms with Crippen LogP contribution in [0.4, 0.5) is 38.0 Å². The number of alkyl halides is 2. The molecule has 0 atom stereocenters. The quantitative estimate of drug-likeness (QED) is 0.0409. The average molecular weight is 692 g/mol. The summed E-state index contributed by atoms with van der Waals surface area (Å²) in [6, 6.07) is 22.1. The Labute approximate surface area is 285 Å². The number of pyridine rings is 1. The van der Waals surface area contributed by atoms with Gasteiger partial charge < -0.3 is 41.2 Å². The largest absolute Gasteiger partial charge is 0.494 e. The molecule has 0 fully saturated rings. The van der Waals surface area contributed by atoms with Crippen LogP contribution in [0.15, 0.2) is 78.9 Å². The molecule has 5 aromatic rings. The molecule has 5 rings (SSSR count). The Hall–Kier alpha value is -5.30. The number of carbonyl (C=O) groups is 3. The van der Waals surface area contributed by atoms with E-state index in [0.717, 1.165) is 5.69 Å². The van der Waals surface area contributed by atoms with Crippen molar-refractivity contribution in [3.63, 3.8) is 0 Å². The first kappa shape index (κ1) is 34.0. The molecule has 0 spiro atoms. The van der Waals surface area contributed by atoms with Gasteiger partial charge >= 0.3 is 18.1 Å². The van der Waals surface area contributed by atoms with Crippen LogP contribution in [0.1, 0.15) is 15.9 Å². The number of aliphatic hydroxyl groups is 1. The van der Waals surface area contributed by atoms with Crippen molar-refractivity contribution in [2.45, 2.75) is 6.61 Å². The number of urea groups is 1. The zero-order valence-corrected chi connectivity index (χ0v) is 27.3. The SMILES string of the molecule is COc1cccc2c(Nc3cc(CO)cc(NC(=O)Nc4ccc(N(CCCl)CCCl)cc4)c3)c3cccc(C(=O)OC(N)=O)c3nc12. The van der Waals surface area contributed by atoms with Gasteiger partial charge in [0.15, 0.2) is 0 Å². The number of nitrogens with one attached hydrogen (secondary N) is 3. The monoisotopic (exact) mass is 690 g/mol. The van der Waals surface area contributed by atoms with Crippen LogP contribution in [-0.2, 0) is 11.3 Å². The lowest BCUT2D eigenvalue weighted by molar-refractivity contribution is 0.0640. The summed E-state index contributed by atoms with van der Waals surface area (Å²) in [7, 11) is 1.50. The number of carbonyl (C=O) groups excluding carboxylic acids is 3. The molecule has 0 saturated heterocycles. The Bertz CT molecular complexity index is 1970. The highest BCUT2D eigenvalue weighted by atomic mass is 35.5. The van der Waals surface area contributed by atoms with E-state index in [4.69, 9.17) is 38.7 Å². The van der Waals surface area contributed by atoms with Crippen LogP contribution in [0.3, 0.4) is 0 Å². The van der Waals surface area contributed by atoms with Crippen molar-refractivity contribution in [3.8, 4) is 5.75 Å². The number of anilines is 5. The lowest BCUT2D eigenvalue weighted by Crippen LogP contribution is -2.27. The minimum Gasteiger partial charge on any atom is -0.494 e. The zero-order chi connectivity index (χ0) is 34.2. The Morgan fingerprint density at radius 1 is 0.854 bits per heavy atom. The molecule has 48 heavy (non-hydrogen) atoms. The van der Waals surface area contributed by atoms with Crippen molar-refractivity contribution >= 4 is 91.5 Å². The number of rotatable bonds is 12. The highest BCUT2D eigenvalue weighted by Gasteiger charge is 2.20. The summed E-state index contributed by atoms with van der Waals surface area (Å²) in [5.74, 6) is 0.394. The number of hydrogen-bond acceptors (Lipinski definition) is 9. The van der Waals surface area contributed by atoms with Gasteiger partial charge in [0.25, 0.3) is 0 Å². The van der Waals surface area contributed by atoms with E-state index >= 15 is 0 Å². The van der Waals surface area contributed by atoms with Crippen molar-refractivity contribution in [2.24, 2.45) is 5.73 Å². The van der Waals surface area contributed by atoms with E-state index in [2.05, 4.69) is 25.6 Å². The topological polar surface area (TPSA) is 168 Å². The molecule has 0 aliphatic carbocycles. The predicted molar refractivity (Wildman–Crippen MR) is 189 cm³/mol. The first-order valence-corrected chi connectivity index (χ1v) is 15.8. The molecular formula is C34H32Cl2N6O6. The Morgan fingerprint density at radius 2 is 1.50 bits per heavy atom. The van der Waals surface area contributed by atoms with Gasteiger partial charge in [-0.15, -0.1) is 23.2 Å². The maximum Gasteiger partial charge on any atom is 0.412 e. The molecular weight excluding hydrogens is 659 g/mol. The molecule has 1 aromatic heterocycles. The number of primary amides is 1. The van der Waals surface area contributed by atoms with Gasteiger partial charge in [-0.2, -0.15) is 0 Å². The van der Waals surface area contributed by atoms with Gasteiger partial charge in [-0.1, -0.05) is 24.3 Å². The number of hydrogen-bond donors (Lipinski definition) is 5. The average Bonchev–Trinajstić information content (AvgIpc) is 3.07. The normalized spacial score (nSPS) is 10.8. The molecule has 3 amide bonds. The predicted octanol–water partition coefficient (Wildman–Crippen LogP) is 6.80. The summed E-state index contributed by atoms with van der Waals surface area (Å²) in [6.07, 6.45) is -1.24. The number of fused-ring (bicyclic) bond motifs is 2. The molecule has 0 aliphatic heterocycles. The van der Waals surface area contributed by atoms with Crippen molar-refractivity contribution < 1.29 is 29.0 Å². The Kier molecular flexibility index (Phi) is 11.0. The van der Waals surface area contributed by atoms with Gasteiger partial charge in [-0.05, 0) is 60.2 Å². The third-order valence-electron chi connectivity index (χ3n) is 7.33. The molecule has 0 saturated carbocycles. The Balaban J connectivity index is 1.47. The smallest absolute Gasteiger partial charge is 0.412 e. The van der Waals surface area contributed by atoms with Crippen molar-refractivity contribution in [2.75, 3.05) is 52.8 Å². The number of aromatic nitrogens is 1. The summed E-state index contributed by atoms with van der Waals surface area (Å²) in [5.41, 5.74) is 9.27. The maximum atomic E-state index is 13.0. The van der Waals surface area contributed by atoms with Crippen LogP contribution >= 0.6 is 23.2 Å². The lowest BCUT2D eigenvalue weighted by Gasteiger charge is -2.23. The van der Waals surface area contributed by atoms with E-state index < -0.39 is 18.1 Å². The minimum absolute atomic E-state index is 0.0177. The number of amides is 3. The summed E-state index contributed by atoms with van der Waals surface area (Å²) in [4.78, 5) is 43.9. The molecule has 0 unspecified atom stereocenters. The molecule has 6 N–H and O–H groups in total. The second-order valence-electron chi connectivity index (χ2n) is 10.4. The van der Waals surface area contributed by atoms with Crippen molar-refractivity contribution in [1.29, 1.82) is 0 Å². The number of nitrogens with two attached hydrogens (primary N) is 1. The fourth-order valence-corrected chi connectivity index (χ4v) is 5.68. The van der Waals surface area contributed by atoms with E-state index in [1.54, 1.807) is 54.6 Å². The van der Waals surface area contributed by atoms with Gasteiger partial charge in [0, 0.05) is 58.4 Å². The van der Waals surface area contributed by atoms with Crippen molar-refractivity contribution in [1.82, 2.24) is 4.98 Å². The number of halogens is 2. The molecule has 0 bridgehead atoms. The molecule has 12 nitrogen and oxygen atoms in total. The van der Waals surface area contributed by atoms with Gasteiger partial charge in [0.05, 0.1) is 30.5 Å². The van der Waals surface area contributed by atoms with Crippen LogP contribution in [0.25, 0.3) is 21.8 Å². The fourth-order valence-electron chi connectivity index (χ4n) is 5.27. The third-order valence-corrected chi connectivity index (χ3v) is 7.67. The number of esters is 1. The van der Waals surface area contributed by atoms with E-state index in [-0.39, 0.29) is 17.7 Å². The first-order valence-electron chi connectivity index (χ1n) is 14.7. The van der Waals surface area contributed by atoms with Crippen LogP contribution in [-0.4, -0.2) is 60.1 Å². The van der Waals surface area contributed by atoms with E-state index in [1.807, 2.05) is 18.2 Å². The standard InChI is InChI=1S/C34H32Cl2N6O6/c1-47-28-7-3-5-26-29(25-4-2-6-27(30(25)41-31(26)28)32(44)48-33(37)45)38-22-16-20(19-43)17-23(18-22)40-34(46)39-21-8-10-24(11-9-21)42(14-12-35)15-13-36/h2-11,16-18,43H,12-15,19H2,1H3,(H2,37,45)(H,38,41)(H2,39,40,46). The molecule has 1 heterocycles. The third kappa shape index (κ3) is 7.80. The van der Waals surface area contributed by atoms with Crippen LogP contribution < -0.4 is 31.3 Å². The number of benzene rings is 4. The summed E-state index contributed by atoms with van der Waals surface area (Å²) < 4.78 is 10.2. The number of para-hydroxylation sites is 2. The van der Waals surface area contributed by atoms with E-state index in [1.165, 1.54) is 13.2 Å². The van der Waals surface area contributed by atoms with Crippen LogP contribution in [0.5, 0.6) is 5.75 Å². The molecule has 248 valence electrons. The van der Waals surface area contributed by atoms with Gasteiger partial charge in [-0.3, -0.25) is 0 Å². The molecule has 4 aromatic carbocycles. The van der Waals surface area contributed by atoms with Gasteiger partial charge in [0.1, 0.15) is 11.3 Å². The number of ether oxygens (including phenoxy) is 2. The van der Waals surface area contributed by atoms with Gasteiger partial charge in [0.2, 0.25) is 0 Å². The minimum atomic E-state index is -1.24. The number of methoxy groups -OCH3 is 1. The first-order chi connectivity index (χ1) is 23.2. The maximum absolute atomic E-state index is 13.0. The fraction of sp³-hybridized carbons (Fsp3) is 0.176. The van der Waals surface area contributed by atoms with E-state index in [0.29, 0.717) is 75.2 Å². The highest BCUT2D eigenvalue weighted by molar-refractivity contribution is 6.19. The van der Waals surface area contributed by atoms with E-state index in [9.17, 15) is 19.5 Å². The summed E-state index contributed by atoms with van der Waals surface area (Å²) in [5, 5.41) is 20.3. The molecule has 0 aliphatic rings. The number of nitrogens with zero attached hydrogens (tertiary/aromatic N) is 2. The lowest BCUT2D eigenvalue weighted by atomic mass is 10.0. The van der Waals surface area contributed by atoms with Crippen LogP contribution in [0, 0.1) is 0 Å². The number of aliphatic hydroxyl groups excluding tert-OH is 1.